The van der Waals surface area contributed by atoms with Crippen LogP contribution in [0.15, 0.2) is 47.0 Å². The number of rotatable bonds is 3. The molecular weight excluding hydrogens is 276 g/mol. The van der Waals surface area contributed by atoms with E-state index in [2.05, 4.69) is 10.1 Å². The Morgan fingerprint density at radius 1 is 1.05 bits per heavy atom. The average Bonchev–Trinajstić information content (AvgIpc) is 2.93. The van der Waals surface area contributed by atoms with Crippen LogP contribution in [0.5, 0.6) is 0 Å². The van der Waals surface area contributed by atoms with Crippen molar-refractivity contribution in [1.82, 2.24) is 10.1 Å². The quantitative estimate of drug-likeness (QED) is 0.751. The van der Waals surface area contributed by atoms with Gasteiger partial charge in [0.2, 0.25) is 11.7 Å². The first-order valence-electron chi connectivity index (χ1n) is 6.25. The van der Waals surface area contributed by atoms with Crippen LogP contribution in [0.25, 0.3) is 11.4 Å². The number of benzene rings is 2. The maximum Gasteiger partial charge on any atom is 0.231 e. The van der Waals surface area contributed by atoms with Crippen molar-refractivity contribution in [3.8, 4) is 11.4 Å². The number of halogens is 2. The van der Waals surface area contributed by atoms with E-state index in [-0.39, 0.29) is 17.9 Å². The van der Waals surface area contributed by atoms with Crippen LogP contribution in [-0.4, -0.2) is 10.1 Å². The lowest BCUT2D eigenvalue weighted by Gasteiger charge is -2.00. The molecule has 0 fully saturated rings. The van der Waals surface area contributed by atoms with Crippen molar-refractivity contribution in [3.63, 3.8) is 0 Å². The molecular formula is C15H11F2N3O. The Morgan fingerprint density at radius 3 is 2.67 bits per heavy atom. The molecule has 3 aromatic rings. The average molecular weight is 287 g/mol. The number of hydrogen-bond acceptors (Lipinski definition) is 4. The highest BCUT2D eigenvalue weighted by atomic mass is 19.2. The summed E-state index contributed by atoms with van der Waals surface area (Å²) in [6.07, 6.45) is 0.0172. The fourth-order valence-electron chi connectivity index (χ4n) is 1.98. The van der Waals surface area contributed by atoms with Crippen LogP contribution in [0.2, 0.25) is 0 Å². The van der Waals surface area contributed by atoms with Crippen molar-refractivity contribution < 1.29 is 13.3 Å². The van der Waals surface area contributed by atoms with Crippen LogP contribution < -0.4 is 5.73 Å². The number of nitrogens with two attached hydrogens (primary N) is 1. The molecule has 0 aliphatic carbocycles. The van der Waals surface area contributed by atoms with Gasteiger partial charge in [0.25, 0.3) is 0 Å². The monoisotopic (exact) mass is 287 g/mol. The first-order chi connectivity index (χ1) is 10.1. The zero-order valence-electron chi connectivity index (χ0n) is 10.9. The Bertz CT molecular complexity index is 786. The van der Waals surface area contributed by atoms with Crippen molar-refractivity contribution in [3.05, 3.63) is 65.6 Å². The predicted octanol–water partition coefficient (Wildman–Crippen LogP) is 3.19. The molecule has 0 aliphatic rings. The zero-order valence-corrected chi connectivity index (χ0v) is 10.9. The third-order valence-corrected chi connectivity index (χ3v) is 3.04. The van der Waals surface area contributed by atoms with Crippen LogP contribution in [0.1, 0.15) is 11.5 Å². The van der Waals surface area contributed by atoms with E-state index >= 15 is 0 Å². The molecule has 0 aliphatic heterocycles. The summed E-state index contributed by atoms with van der Waals surface area (Å²) in [4.78, 5) is 4.16. The summed E-state index contributed by atoms with van der Waals surface area (Å²) in [5.41, 5.74) is 7.13. The number of hydrogen-bond donors (Lipinski definition) is 1. The Kier molecular flexibility index (Phi) is 3.35. The van der Waals surface area contributed by atoms with E-state index in [4.69, 9.17) is 10.3 Å². The Hall–Kier alpha value is -2.76. The minimum Gasteiger partial charge on any atom is -0.398 e. The molecule has 0 bridgehead atoms. The molecule has 2 N–H and O–H groups in total. The second kappa shape index (κ2) is 5.32. The Balaban J connectivity index is 1.89. The fourth-order valence-corrected chi connectivity index (χ4v) is 1.98. The molecule has 0 atom stereocenters. The first kappa shape index (κ1) is 13.2. The molecule has 0 amide bonds. The maximum atomic E-state index is 13.6. The second-order valence-corrected chi connectivity index (χ2v) is 4.49. The molecule has 3 rings (SSSR count). The van der Waals surface area contributed by atoms with Crippen molar-refractivity contribution in [2.75, 3.05) is 5.73 Å². The lowest BCUT2D eigenvalue weighted by molar-refractivity contribution is 0.383. The van der Waals surface area contributed by atoms with Gasteiger partial charge >= 0.3 is 0 Å². The van der Waals surface area contributed by atoms with Crippen LogP contribution in [-0.2, 0) is 6.42 Å². The SMILES string of the molecule is Nc1ccccc1-c1noc(Cc2cccc(F)c2F)n1. The Labute approximate surface area is 119 Å². The van der Waals surface area contributed by atoms with Crippen molar-refractivity contribution in [2.45, 2.75) is 6.42 Å². The molecule has 0 radical (unpaired) electrons. The minimum atomic E-state index is -0.906. The largest absolute Gasteiger partial charge is 0.398 e. The van der Waals surface area contributed by atoms with Crippen LogP contribution >= 0.6 is 0 Å². The predicted molar refractivity (Wildman–Crippen MR) is 73.3 cm³/mol. The van der Waals surface area contributed by atoms with Gasteiger partial charge < -0.3 is 10.3 Å². The molecule has 0 saturated heterocycles. The van der Waals surface area contributed by atoms with Crippen LogP contribution in [0.3, 0.4) is 0 Å². The fraction of sp³-hybridized carbons (Fsp3) is 0.0667. The molecule has 0 unspecified atom stereocenters. The van der Waals surface area contributed by atoms with Gasteiger partial charge in [-0.2, -0.15) is 4.98 Å². The van der Waals surface area contributed by atoms with Gasteiger partial charge in [-0.05, 0) is 18.2 Å². The van der Waals surface area contributed by atoms with Gasteiger partial charge in [-0.1, -0.05) is 29.4 Å². The highest BCUT2D eigenvalue weighted by Gasteiger charge is 2.14. The smallest absolute Gasteiger partial charge is 0.231 e. The molecule has 106 valence electrons. The van der Waals surface area contributed by atoms with Crippen molar-refractivity contribution in [2.24, 2.45) is 0 Å². The molecule has 2 aromatic carbocycles. The maximum absolute atomic E-state index is 13.6. The summed E-state index contributed by atoms with van der Waals surface area (Å²) in [7, 11) is 0. The van der Waals surface area contributed by atoms with Crippen LogP contribution in [0.4, 0.5) is 14.5 Å². The summed E-state index contributed by atoms with van der Waals surface area (Å²) < 4.78 is 31.8. The van der Waals surface area contributed by atoms with E-state index in [1.165, 1.54) is 12.1 Å². The standard InChI is InChI=1S/C15H11F2N3O/c16-11-6-3-4-9(14(11)17)8-13-19-15(20-21-13)10-5-1-2-7-12(10)18/h1-7H,8,18H2. The van der Waals surface area contributed by atoms with Crippen LogP contribution in [0, 0.1) is 11.6 Å². The van der Waals surface area contributed by atoms with E-state index in [1.54, 1.807) is 24.3 Å². The molecule has 0 spiro atoms. The molecule has 1 heterocycles. The third-order valence-electron chi connectivity index (χ3n) is 3.04. The van der Waals surface area contributed by atoms with Gasteiger partial charge in [-0.3, -0.25) is 0 Å². The zero-order chi connectivity index (χ0) is 14.8. The van der Waals surface area contributed by atoms with Gasteiger partial charge in [-0.25, -0.2) is 8.78 Å². The third kappa shape index (κ3) is 2.60. The topological polar surface area (TPSA) is 64.9 Å². The van der Waals surface area contributed by atoms with Gasteiger partial charge in [0.1, 0.15) is 0 Å². The van der Waals surface area contributed by atoms with E-state index in [0.717, 1.165) is 6.07 Å². The normalized spacial score (nSPS) is 10.8. The van der Waals surface area contributed by atoms with E-state index in [0.29, 0.717) is 17.1 Å². The molecule has 0 saturated carbocycles. The first-order valence-corrected chi connectivity index (χ1v) is 6.25. The summed E-state index contributed by atoms with van der Waals surface area (Å²) >= 11 is 0. The Morgan fingerprint density at radius 2 is 1.86 bits per heavy atom. The van der Waals surface area contributed by atoms with Crippen molar-refractivity contribution >= 4 is 5.69 Å². The van der Waals surface area contributed by atoms with Gasteiger partial charge in [-0.15, -0.1) is 0 Å². The minimum absolute atomic E-state index is 0.0172. The van der Waals surface area contributed by atoms with Gasteiger partial charge in [0, 0.05) is 16.8 Å². The van der Waals surface area contributed by atoms with Crippen molar-refractivity contribution in [1.29, 1.82) is 0 Å². The lowest BCUT2D eigenvalue weighted by atomic mass is 10.1. The van der Waals surface area contributed by atoms with Gasteiger partial charge in [0.05, 0.1) is 6.42 Å². The molecule has 6 heteroatoms. The molecule has 1 aromatic heterocycles. The number of nitrogens with zero attached hydrogens (tertiary/aromatic N) is 2. The molecule has 4 nitrogen and oxygen atoms in total. The number of anilines is 1. The summed E-state index contributed by atoms with van der Waals surface area (Å²) in [5, 5.41) is 3.81. The van der Waals surface area contributed by atoms with E-state index < -0.39 is 11.6 Å². The number of para-hydroxylation sites is 1. The van der Waals surface area contributed by atoms with Gasteiger partial charge in [0.15, 0.2) is 11.6 Å². The lowest BCUT2D eigenvalue weighted by Crippen LogP contribution is -1.96. The highest BCUT2D eigenvalue weighted by molar-refractivity contribution is 5.70. The van der Waals surface area contributed by atoms with E-state index in [9.17, 15) is 8.78 Å². The summed E-state index contributed by atoms with van der Waals surface area (Å²) in [6, 6.07) is 11.0. The second-order valence-electron chi connectivity index (χ2n) is 4.49. The summed E-state index contributed by atoms with van der Waals surface area (Å²) in [5.74, 6) is -1.30. The highest BCUT2D eigenvalue weighted by Crippen LogP contribution is 2.23. The summed E-state index contributed by atoms with van der Waals surface area (Å²) in [6.45, 7) is 0. The number of nitrogen functional groups attached to an aromatic ring is 1. The number of aromatic nitrogens is 2. The van der Waals surface area contributed by atoms with E-state index in [1.807, 2.05) is 0 Å². The molecule has 21 heavy (non-hydrogen) atoms.